The summed E-state index contributed by atoms with van der Waals surface area (Å²) in [5.74, 6) is -12.4. The van der Waals surface area contributed by atoms with Crippen LogP contribution in [0.15, 0.2) is 46.9 Å². The lowest BCUT2D eigenvalue weighted by molar-refractivity contribution is 0.101. The molecule has 3 aromatic carbocycles. The number of carbonyl (C=O) groups excluding carboxylic acids is 1. The number of fused-ring (bicyclic) bond motifs is 1. The van der Waals surface area contributed by atoms with E-state index >= 15 is 0 Å². The van der Waals surface area contributed by atoms with Gasteiger partial charge in [0.2, 0.25) is 11.7 Å². The van der Waals surface area contributed by atoms with Gasteiger partial charge < -0.3 is 9.73 Å². The third kappa shape index (κ3) is 3.18. The van der Waals surface area contributed by atoms with Crippen LogP contribution >= 0.6 is 0 Å². The van der Waals surface area contributed by atoms with Gasteiger partial charge in [0, 0.05) is 11.3 Å². The topological polar surface area (TPSA) is 55.1 Å². The number of rotatable bonds is 3. The van der Waals surface area contributed by atoms with Gasteiger partial charge in [-0.1, -0.05) is 18.2 Å². The smallest absolute Gasteiger partial charge is 0.261 e. The maximum atomic E-state index is 13.9. The SMILES string of the molecule is Cc1ccc(-c2nc3ccccc3o2)cc1NC(=O)c1c(F)c(F)c(F)c(F)c1F. The zero-order valence-electron chi connectivity index (χ0n) is 15.2. The molecule has 30 heavy (non-hydrogen) atoms. The second-order valence-corrected chi connectivity index (χ2v) is 6.42. The van der Waals surface area contributed by atoms with Crippen LogP contribution in [0.25, 0.3) is 22.6 Å². The van der Waals surface area contributed by atoms with Crippen LogP contribution in [0.2, 0.25) is 0 Å². The number of para-hydroxylation sites is 2. The van der Waals surface area contributed by atoms with Crippen molar-refractivity contribution in [3.05, 3.63) is 82.7 Å². The molecule has 0 bridgehead atoms. The number of anilines is 1. The Morgan fingerprint density at radius 2 is 1.53 bits per heavy atom. The number of carbonyl (C=O) groups is 1. The van der Waals surface area contributed by atoms with Crippen LogP contribution in [0.3, 0.4) is 0 Å². The molecule has 0 saturated carbocycles. The first-order valence-electron chi connectivity index (χ1n) is 8.57. The average Bonchev–Trinajstić information content (AvgIpc) is 3.17. The molecule has 4 aromatic rings. The van der Waals surface area contributed by atoms with E-state index < -0.39 is 40.6 Å². The van der Waals surface area contributed by atoms with E-state index in [0.29, 0.717) is 22.2 Å². The molecule has 9 heteroatoms. The molecule has 0 atom stereocenters. The Bertz CT molecular complexity index is 1250. The van der Waals surface area contributed by atoms with Gasteiger partial charge in [0.15, 0.2) is 28.9 Å². The molecule has 0 aliphatic heterocycles. The van der Waals surface area contributed by atoms with Gasteiger partial charge in [-0.05, 0) is 36.8 Å². The standard InChI is InChI=1S/C21H11F5N2O2/c1-9-6-7-10(21-28-11-4-2-3-5-13(11)30-21)8-12(9)27-20(29)14-15(22)17(24)19(26)18(25)16(14)23/h2-8H,1H3,(H,27,29). The number of nitrogens with zero attached hydrogens (tertiary/aromatic N) is 1. The van der Waals surface area contributed by atoms with Crippen LogP contribution in [-0.4, -0.2) is 10.9 Å². The normalized spacial score (nSPS) is 11.1. The summed E-state index contributed by atoms with van der Waals surface area (Å²) in [5.41, 5.74) is 0.554. The lowest BCUT2D eigenvalue weighted by Crippen LogP contribution is -2.19. The number of halogens is 5. The van der Waals surface area contributed by atoms with Crippen molar-refractivity contribution in [2.75, 3.05) is 5.32 Å². The van der Waals surface area contributed by atoms with Crippen molar-refractivity contribution in [3.8, 4) is 11.5 Å². The van der Waals surface area contributed by atoms with Crippen molar-refractivity contribution in [1.82, 2.24) is 4.98 Å². The van der Waals surface area contributed by atoms with Crippen LogP contribution in [0.4, 0.5) is 27.6 Å². The molecule has 1 aromatic heterocycles. The molecule has 0 aliphatic carbocycles. The van der Waals surface area contributed by atoms with Gasteiger partial charge >= 0.3 is 0 Å². The summed E-state index contributed by atoms with van der Waals surface area (Å²) < 4.78 is 73.5. The highest BCUT2D eigenvalue weighted by molar-refractivity contribution is 6.05. The maximum absolute atomic E-state index is 13.9. The third-order valence-electron chi connectivity index (χ3n) is 4.46. The highest BCUT2D eigenvalue weighted by Crippen LogP contribution is 2.29. The lowest BCUT2D eigenvalue weighted by Gasteiger charge is -2.12. The van der Waals surface area contributed by atoms with Crippen molar-refractivity contribution >= 4 is 22.7 Å². The minimum atomic E-state index is -2.34. The van der Waals surface area contributed by atoms with E-state index in [9.17, 15) is 26.7 Å². The van der Waals surface area contributed by atoms with Gasteiger partial charge in [0.1, 0.15) is 11.1 Å². The van der Waals surface area contributed by atoms with Gasteiger partial charge in [-0.15, -0.1) is 0 Å². The number of oxazole rings is 1. The number of hydrogen-bond acceptors (Lipinski definition) is 3. The largest absolute Gasteiger partial charge is 0.436 e. The second kappa shape index (κ2) is 7.25. The van der Waals surface area contributed by atoms with Gasteiger partial charge in [-0.2, -0.15) is 0 Å². The summed E-state index contributed by atoms with van der Waals surface area (Å²) in [7, 11) is 0. The first-order valence-corrected chi connectivity index (χ1v) is 8.57. The molecule has 0 spiro atoms. The molecule has 152 valence electrons. The van der Waals surface area contributed by atoms with E-state index in [1.807, 2.05) is 0 Å². The molecule has 1 heterocycles. The Labute approximate surface area is 166 Å². The van der Waals surface area contributed by atoms with E-state index in [1.165, 1.54) is 6.07 Å². The lowest BCUT2D eigenvalue weighted by atomic mass is 10.1. The summed E-state index contributed by atoms with van der Waals surface area (Å²) in [5, 5.41) is 2.18. The second-order valence-electron chi connectivity index (χ2n) is 6.42. The molecule has 1 amide bonds. The summed E-state index contributed by atoms with van der Waals surface area (Å²) in [6, 6.07) is 11.6. The number of amides is 1. The van der Waals surface area contributed by atoms with Crippen molar-refractivity contribution in [3.63, 3.8) is 0 Å². The minimum Gasteiger partial charge on any atom is -0.436 e. The Kier molecular flexibility index (Phi) is 4.73. The summed E-state index contributed by atoms with van der Waals surface area (Å²) >= 11 is 0. The molecule has 0 unspecified atom stereocenters. The molecule has 0 saturated heterocycles. The van der Waals surface area contributed by atoms with Crippen LogP contribution in [0.1, 0.15) is 15.9 Å². The van der Waals surface area contributed by atoms with E-state index in [1.54, 1.807) is 43.3 Å². The first kappa shape index (κ1) is 19.6. The molecule has 0 radical (unpaired) electrons. The van der Waals surface area contributed by atoms with Crippen molar-refractivity contribution in [2.45, 2.75) is 6.92 Å². The van der Waals surface area contributed by atoms with Crippen LogP contribution in [0, 0.1) is 36.0 Å². The average molecular weight is 418 g/mol. The predicted octanol–water partition coefficient (Wildman–Crippen LogP) is 5.75. The fourth-order valence-corrected chi connectivity index (χ4v) is 2.87. The van der Waals surface area contributed by atoms with Crippen molar-refractivity contribution in [1.29, 1.82) is 0 Å². The summed E-state index contributed by atoms with van der Waals surface area (Å²) in [6.07, 6.45) is 0. The Balaban J connectivity index is 1.72. The maximum Gasteiger partial charge on any atom is 0.261 e. The molecule has 1 N–H and O–H groups in total. The Morgan fingerprint density at radius 3 is 2.20 bits per heavy atom. The van der Waals surface area contributed by atoms with E-state index in [-0.39, 0.29) is 11.6 Å². The van der Waals surface area contributed by atoms with E-state index in [4.69, 9.17) is 4.42 Å². The number of aromatic nitrogens is 1. The Morgan fingerprint density at radius 1 is 0.900 bits per heavy atom. The zero-order chi connectivity index (χ0) is 21.6. The number of aryl methyl sites for hydroxylation is 1. The van der Waals surface area contributed by atoms with Crippen LogP contribution in [-0.2, 0) is 0 Å². The van der Waals surface area contributed by atoms with Gasteiger partial charge in [-0.25, -0.2) is 26.9 Å². The first-order chi connectivity index (χ1) is 14.3. The number of hydrogen-bond donors (Lipinski definition) is 1. The monoisotopic (exact) mass is 418 g/mol. The fraction of sp³-hybridized carbons (Fsp3) is 0.0476. The summed E-state index contributed by atoms with van der Waals surface area (Å²) in [4.78, 5) is 16.6. The molecule has 0 fully saturated rings. The van der Waals surface area contributed by atoms with Gasteiger partial charge in [-0.3, -0.25) is 4.79 Å². The van der Waals surface area contributed by atoms with Crippen molar-refractivity contribution < 1.29 is 31.2 Å². The van der Waals surface area contributed by atoms with Crippen LogP contribution in [0.5, 0.6) is 0 Å². The highest BCUT2D eigenvalue weighted by atomic mass is 19.2. The van der Waals surface area contributed by atoms with Crippen molar-refractivity contribution in [2.24, 2.45) is 0 Å². The summed E-state index contributed by atoms with van der Waals surface area (Å²) in [6.45, 7) is 1.59. The predicted molar refractivity (Wildman–Crippen MR) is 98.4 cm³/mol. The Hall–Kier alpha value is -3.75. The molecule has 4 rings (SSSR count). The molecular formula is C21H11F5N2O2. The van der Waals surface area contributed by atoms with Gasteiger partial charge in [0.05, 0.1) is 0 Å². The number of nitrogens with one attached hydrogen (secondary N) is 1. The molecule has 0 aliphatic rings. The van der Waals surface area contributed by atoms with E-state index in [2.05, 4.69) is 10.3 Å². The minimum absolute atomic E-state index is 0.0868. The van der Waals surface area contributed by atoms with Gasteiger partial charge in [0.25, 0.3) is 5.91 Å². The quantitative estimate of drug-likeness (QED) is 0.262. The molecular weight excluding hydrogens is 407 g/mol. The fourth-order valence-electron chi connectivity index (χ4n) is 2.87. The molecule has 4 nitrogen and oxygen atoms in total. The highest BCUT2D eigenvalue weighted by Gasteiger charge is 2.30. The van der Waals surface area contributed by atoms with Crippen LogP contribution < -0.4 is 5.32 Å². The third-order valence-corrected chi connectivity index (χ3v) is 4.46. The number of benzene rings is 3. The zero-order valence-corrected chi connectivity index (χ0v) is 15.2. The van der Waals surface area contributed by atoms with E-state index in [0.717, 1.165) is 0 Å².